The molecule has 0 saturated heterocycles. The Morgan fingerprint density at radius 2 is 1.23 bits per heavy atom. The number of aromatic nitrogens is 1. The summed E-state index contributed by atoms with van der Waals surface area (Å²) in [5.41, 5.74) is 1.94. The van der Waals surface area contributed by atoms with E-state index in [2.05, 4.69) is 29.5 Å². The Kier molecular flexibility index (Phi) is 27.4. The molecule has 0 radical (unpaired) electrons. The third-order valence-corrected chi connectivity index (χ3v) is 4.51. The predicted octanol–water partition coefficient (Wildman–Crippen LogP) is 5.42. The van der Waals surface area contributed by atoms with Crippen LogP contribution in [0.3, 0.4) is 0 Å². The molecule has 9 nitrogen and oxygen atoms in total. The number of hydrogen-bond donors (Lipinski definition) is 2. The quantitative estimate of drug-likeness (QED) is 0.234. The molecule has 0 saturated carbocycles. The average Bonchev–Trinajstić information content (AvgIpc) is 2.87. The molecule has 1 heterocycles. The lowest BCUT2D eigenvalue weighted by Gasteiger charge is -2.20. The van der Waals surface area contributed by atoms with Crippen molar-refractivity contribution in [2.45, 2.75) is 93.5 Å². The summed E-state index contributed by atoms with van der Waals surface area (Å²) in [6, 6.07) is 3.94. The van der Waals surface area contributed by atoms with Gasteiger partial charge in [-0.25, -0.2) is 14.4 Å². The van der Waals surface area contributed by atoms with Crippen LogP contribution in [0.5, 0.6) is 0 Å². The number of aliphatic hydroxyl groups is 2. The van der Waals surface area contributed by atoms with Gasteiger partial charge in [-0.15, -0.1) is 0 Å². The SMILES string of the molecule is C.C=C(C)C(=O)OC(=O)C(=C)C.C=C(C)C(=O)OC(CC)C(O)CC.CCC(C)O.CN(C)c1ccncc1. The molecule has 0 fully saturated rings. The second kappa shape index (κ2) is 25.0. The molecule has 0 aromatic carbocycles. The number of rotatable bonds is 9. The highest BCUT2D eigenvalue weighted by molar-refractivity contribution is 6.00. The molecule has 0 aliphatic heterocycles. The van der Waals surface area contributed by atoms with Gasteiger partial charge in [0.15, 0.2) is 0 Å². The van der Waals surface area contributed by atoms with Gasteiger partial charge in [0.25, 0.3) is 0 Å². The van der Waals surface area contributed by atoms with Gasteiger partial charge in [-0.05, 0) is 59.1 Å². The molecule has 2 N–H and O–H groups in total. The highest BCUT2D eigenvalue weighted by atomic mass is 16.6. The number of aliphatic hydroxyl groups excluding tert-OH is 2. The van der Waals surface area contributed by atoms with E-state index in [1.54, 1.807) is 26.2 Å². The van der Waals surface area contributed by atoms with Crippen LogP contribution in [0.4, 0.5) is 5.69 Å². The van der Waals surface area contributed by atoms with Gasteiger partial charge < -0.3 is 24.6 Å². The first-order chi connectivity index (χ1) is 17.5. The molecule has 0 aliphatic carbocycles. The zero-order valence-electron chi connectivity index (χ0n) is 24.6. The molecule has 0 amide bonds. The van der Waals surface area contributed by atoms with Crippen molar-refractivity contribution >= 4 is 23.6 Å². The van der Waals surface area contributed by atoms with E-state index >= 15 is 0 Å². The molecule has 1 aromatic heterocycles. The zero-order valence-corrected chi connectivity index (χ0v) is 24.6. The lowest BCUT2D eigenvalue weighted by atomic mass is 10.1. The van der Waals surface area contributed by atoms with E-state index < -0.39 is 30.1 Å². The molecule has 224 valence electrons. The standard InChI is InChI=1S/C10H18O3.C8H10O3.C7H10N2.C4H10O.CH4/c1-5-8(11)9(6-2)13-10(12)7(3)4;1-5(2)7(9)11-8(10)6(3)4;1-9(2)7-3-5-8-6-4-7;1-3-4(2)5;/h8-9,11H,3,5-6H2,1-2,4H3;1,3H2,2,4H3;3-6H,1-2H3;4-5H,3H2,1-2H3;1H4. The van der Waals surface area contributed by atoms with Crippen LogP contribution in [0.15, 0.2) is 61.0 Å². The van der Waals surface area contributed by atoms with Crippen LogP contribution in [-0.2, 0) is 23.9 Å². The van der Waals surface area contributed by atoms with Gasteiger partial charge in [-0.2, -0.15) is 0 Å². The summed E-state index contributed by atoms with van der Waals surface area (Å²) < 4.78 is 9.32. The molecule has 0 bridgehead atoms. The van der Waals surface area contributed by atoms with Crippen molar-refractivity contribution in [2.75, 3.05) is 19.0 Å². The Morgan fingerprint density at radius 3 is 1.46 bits per heavy atom. The first-order valence-corrected chi connectivity index (χ1v) is 12.4. The third-order valence-electron chi connectivity index (χ3n) is 4.51. The summed E-state index contributed by atoms with van der Waals surface area (Å²) in [5.74, 6) is -1.85. The number of anilines is 1. The maximum absolute atomic E-state index is 11.1. The van der Waals surface area contributed by atoms with Crippen LogP contribution in [0.1, 0.15) is 75.2 Å². The van der Waals surface area contributed by atoms with Gasteiger partial charge in [0, 0.05) is 48.9 Å². The minimum absolute atomic E-state index is 0. The van der Waals surface area contributed by atoms with E-state index in [9.17, 15) is 19.5 Å². The largest absolute Gasteiger partial charge is 0.456 e. The maximum Gasteiger partial charge on any atom is 0.340 e. The van der Waals surface area contributed by atoms with Crippen LogP contribution in [0.2, 0.25) is 0 Å². The molecule has 3 atom stereocenters. The molecule has 1 aromatic rings. The Morgan fingerprint density at radius 1 is 0.846 bits per heavy atom. The highest BCUT2D eigenvalue weighted by Crippen LogP contribution is 2.10. The average molecular weight is 553 g/mol. The molecular weight excluding hydrogens is 500 g/mol. The van der Waals surface area contributed by atoms with Crippen molar-refractivity contribution in [3.8, 4) is 0 Å². The van der Waals surface area contributed by atoms with Gasteiger partial charge in [0.1, 0.15) is 6.10 Å². The van der Waals surface area contributed by atoms with Crippen LogP contribution in [0, 0.1) is 0 Å². The summed E-state index contributed by atoms with van der Waals surface area (Å²) in [6.45, 7) is 22.1. The van der Waals surface area contributed by atoms with Crippen molar-refractivity contribution in [3.05, 3.63) is 61.0 Å². The van der Waals surface area contributed by atoms with Crippen molar-refractivity contribution in [3.63, 3.8) is 0 Å². The van der Waals surface area contributed by atoms with Crippen molar-refractivity contribution in [1.29, 1.82) is 0 Å². The van der Waals surface area contributed by atoms with E-state index in [0.29, 0.717) is 18.4 Å². The minimum atomic E-state index is -0.710. The number of hydrogen-bond acceptors (Lipinski definition) is 9. The lowest BCUT2D eigenvalue weighted by molar-refractivity contribution is -0.154. The van der Waals surface area contributed by atoms with Crippen molar-refractivity contribution in [1.82, 2.24) is 4.98 Å². The van der Waals surface area contributed by atoms with Gasteiger partial charge >= 0.3 is 17.9 Å². The number of nitrogens with zero attached hydrogens (tertiary/aromatic N) is 2. The molecule has 1 rings (SSSR count). The lowest BCUT2D eigenvalue weighted by Crippen LogP contribution is -2.30. The fourth-order valence-electron chi connectivity index (χ4n) is 1.84. The van der Waals surface area contributed by atoms with Crippen molar-refractivity contribution < 1.29 is 34.1 Å². The van der Waals surface area contributed by atoms with E-state index in [1.807, 2.05) is 51.9 Å². The van der Waals surface area contributed by atoms with Crippen molar-refractivity contribution in [2.24, 2.45) is 0 Å². The molecule has 3 unspecified atom stereocenters. The Labute approximate surface area is 236 Å². The summed E-state index contributed by atoms with van der Waals surface area (Å²) in [6.07, 6.45) is 4.54. The zero-order chi connectivity index (χ0) is 30.4. The Hall–Kier alpha value is -3.30. The second-order valence-corrected chi connectivity index (χ2v) is 8.70. The maximum atomic E-state index is 11.1. The van der Waals surface area contributed by atoms with E-state index in [4.69, 9.17) is 9.84 Å². The topological polar surface area (TPSA) is 126 Å². The number of esters is 3. The number of carbonyl (C=O) groups excluding carboxylic acids is 3. The normalized spacial score (nSPS) is 11.4. The Balaban J connectivity index is -0.000000216. The molecule has 0 aliphatic rings. The second-order valence-electron chi connectivity index (χ2n) is 8.70. The van der Waals surface area contributed by atoms with E-state index in [-0.39, 0.29) is 24.7 Å². The molecular formula is C30H52N2O7. The molecule has 0 spiro atoms. The summed E-state index contributed by atoms with van der Waals surface area (Å²) >= 11 is 0. The predicted molar refractivity (Wildman–Crippen MR) is 159 cm³/mol. The van der Waals surface area contributed by atoms with Gasteiger partial charge in [-0.1, -0.05) is 47.9 Å². The summed E-state index contributed by atoms with van der Waals surface area (Å²) in [5, 5.41) is 17.8. The van der Waals surface area contributed by atoms with E-state index in [1.165, 1.54) is 19.5 Å². The third kappa shape index (κ3) is 24.8. The molecule has 9 heteroatoms. The van der Waals surface area contributed by atoms with Gasteiger partial charge in [0.2, 0.25) is 0 Å². The summed E-state index contributed by atoms with van der Waals surface area (Å²) in [4.78, 5) is 38.4. The van der Waals surface area contributed by atoms with Crippen LogP contribution >= 0.6 is 0 Å². The van der Waals surface area contributed by atoms with Crippen LogP contribution in [-0.4, -0.2) is 65.5 Å². The minimum Gasteiger partial charge on any atom is -0.456 e. The number of ether oxygens (including phenoxy) is 2. The highest BCUT2D eigenvalue weighted by Gasteiger charge is 2.20. The van der Waals surface area contributed by atoms with E-state index in [0.717, 1.165) is 6.42 Å². The van der Waals surface area contributed by atoms with Gasteiger partial charge in [-0.3, -0.25) is 4.98 Å². The first-order valence-electron chi connectivity index (χ1n) is 12.4. The molecule has 39 heavy (non-hydrogen) atoms. The smallest absolute Gasteiger partial charge is 0.340 e. The van der Waals surface area contributed by atoms with Gasteiger partial charge in [0.05, 0.1) is 12.2 Å². The Bertz CT molecular complexity index is 841. The number of pyridine rings is 1. The fraction of sp³-hybridized carbons (Fsp3) is 0.533. The monoisotopic (exact) mass is 552 g/mol. The number of carbonyl (C=O) groups is 3. The first kappa shape index (κ1) is 42.8. The fourth-order valence-corrected chi connectivity index (χ4v) is 1.84. The summed E-state index contributed by atoms with van der Waals surface area (Å²) in [7, 11) is 4.02. The van der Waals surface area contributed by atoms with Crippen LogP contribution < -0.4 is 4.90 Å². The van der Waals surface area contributed by atoms with Crippen LogP contribution in [0.25, 0.3) is 0 Å².